The number of aromatic nitrogens is 1. The van der Waals surface area contributed by atoms with Gasteiger partial charge in [-0.15, -0.1) is 0 Å². The van der Waals surface area contributed by atoms with E-state index in [9.17, 15) is 14.7 Å². The molecule has 0 aromatic carbocycles. The molecule has 0 saturated carbocycles. The molecule has 1 aromatic rings. The Morgan fingerprint density at radius 2 is 2.00 bits per heavy atom. The minimum Gasteiger partial charge on any atom is -0.478 e. The molecule has 5 nitrogen and oxygen atoms in total. The highest BCUT2D eigenvalue weighted by Gasteiger charge is 2.16. The standard InChI is InChI=1S/C14H22N2O3/c1-9(2)15(5)6-7-16-11(4)13(14(18)19)10(3)8-12(16)17/h8-9H,6-7H2,1-5H3,(H,18,19). The van der Waals surface area contributed by atoms with Gasteiger partial charge in [0, 0.05) is 30.9 Å². The summed E-state index contributed by atoms with van der Waals surface area (Å²) in [5.41, 5.74) is 1.13. The van der Waals surface area contributed by atoms with E-state index in [0.717, 1.165) is 0 Å². The second-order valence-corrected chi connectivity index (χ2v) is 5.16. The minimum absolute atomic E-state index is 0.142. The van der Waals surface area contributed by atoms with Gasteiger partial charge in [0.2, 0.25) is 0 Å². The molecule has 0 fully saturated rings. The van der Waals surface area contributed by atoms with Crippen LogP contribution in [0.5, 0.6) is 0 Å². The van der Waals surface area contributed by atoms with E-state index < -0.39 is 5.97 Å². The van der Waals surface area contributed by atoms with Crippen molar-refractivity contribution in [3.8, 4) is 0 Å². The van der Waals surface area contributed by atoms with E-state index in [1.165, 1.54) is 10.6 Å². The van der Waals surface area contributed by atoms with Crippen LogP contribution in [0.4, 0.5) is 0 Å². The Hall–Kier alpha value is -1.62. The van der Waals surface area contributed by atoms with E-state index in [4.69, 9.17) is 0 Å². The molecule has 0 aliphatic carbocycles. The number of hydrogen-bond donors (Lipinski definition) is 1. The van der Waals surface area contributed by atoms with Crippen LogP contribution in [0.15, 0.2) is 10.9 Å². The summed E-state index contributed by atoms with van der Waals surface area (Å²) >= 11 is 0. The first-order valence-corrected chi connectivity index (χ1v) is 6.40. The summed E-state index contributed by atoms with van der Waals surface area (Å²) in [5, 5.41) is 9.20. The molecule has 0 aliphatic rings. The number of carboxylic acids is 1. The molecule has 1 aromatic heterocycles. The normalized spacial score (nSPS) is 11.3. The molecule has 0 bridgehead atoms. The first kappa shape index (κ1) is 15.4. The zero-order chi connectivity index (χ0) is 14.7. The fraction of sp³-hybridized carbons (Fsp3) is 0.571. The van der Waals surface area contributed by atoms with Crippen molar-refractivity contribution in [1.29, 1.82) is 0 Å². The highest BCUT2D eigenvalue weighted by Crippen LogP contribution is 2.11. The van der Waals surface area contributed by atoms with Crippen LogP contribution in [0.25, 0.3) is 0 Å². The van der Waals surface area contributed by atoms with Crippen molar-refractivity contribution in [3.63, 3.8) is 0 Å². The van der Waals surface area contributed by atoms with Gasteiger partial charge in [-0.1, -0.05) is 0 Å². The Kier molecular flexibility index (Phi) is 4.89. The van der Waals surface area contributed by atoms with Crippen molar-refractivity contribution in [2.24, 2.45) is 0 Å². The lowest BCUT2D eigenvalue weighted by Gasteiger charge is -2.22. The summed E-state index contributed by atoms with van der Waals surface area (Å²) < 4.78 is 1.54. The number of carboxylic acid groups (broad SMARTS) is 1. The molecule has 0 amide bonds. The predicted molar refractivity (Wildman–Crippen MR) is 74.9 cm³/mol. The first-order valence-electron chi connectivity index (χ1n) is 6.40. The number of aromatic carboxylic acids is 1. The summed E-state index contributed by atoms with van der Waals surface area (Å²) in [7, 11) is 1.98. The van der Waals surface area contributed by atoms with Gasteiger partial charge in [0.15, 0.2) is 0 Å². The third-order valence-corrected chi connectivity index (χ3v) is 3.54. The van der Waals surface area contributed by atoms with Crippen molar-refractivity contribution in [2.75, 3.05) is 13.6 Å². The van der Waals surface area contributed by atoms with Crippen LogP contribution in [-0.2, 0) is 6.54 Å². The highest BCUT2D eigenvalue weighted by molar-refractivity contribution is 5.90. The van der Waals surface area contributed by atoms with E-state index in [0.29, 0.717) is 30.4 Å². The summed E-state index contributed by atoms with van der Waals surface area (Å²) in [4.78, 5) is 25.3. The van der Waals surface area contributed by atoms with Gasteiger partial charge < -0.3 is 14.6 Å². The molecule has 0 unspecified atom stereocenters. The summed E-state index contributed by atoms with van der Waals surface area (Å²) in [6.07, 6.45) is 0. The molecule has 0 spiro atoms. The largest absolute Gasteiger partial charge is 0.478 e. The molecule has 0 radical (unpaired) electrons. The van der Waals surface area contributed by atoms with Gasteiger partial charge >= 0.3 is 5.97 Å². The van der Waals surface area contributed by atoms with Crippen molar-refractivity contribution in [2.45, 2.75) is 40.3 Å². The summed E-state index contributed by atoms with van der Waals surface area (Å²) in [6, 6.07) is 1.78. The Morgan fingerprint density at radius 3 is 2.47 bits per heavy atom. The fourth-order valence-electron chi connectivity index (χ4n) is 2.04. The van der Waals surface area contributed by atoms with Gasteiger partial charge in [0.1, 0.15) is 0 Å². The van der Waals surface area contributed by atoms with Gasteiger partial charge in [-0.05, 0) is 40.3 Å². The molecular weight excluding hydrogens is 244 g/mol. The van der Waals surface area contributed by atoms with Crippen LogP contribution < -0.4 is 5.56 Å². The van der Waals surface area contributed by atoms with E-state index in [1.807, 2.05) is 7.05 Å². The molecule has 1 rings (SSSR count). The van der Waals surface area contributed by atoms with Crippen LogP contribution in [0.1, 0.15) is 35.5 Å². The van der Waals surface area contributed by atoms with Crippen LogP contribution in [0, 0.1) is 13.8 Å². The average Bonchev–Trinajstić information content (AvgIpc) is 2.26. The van der Waals surface area contributed by atoms with Gasteiger partial charge in [0.25, 0.3) is 5.56 Å². The van der Waals surface area contributed by atoms with Crippen molar-refractivity contribution < 1.29 is 9.90 Å². The van der Waals surface area contributed by atoms with Crippen LogP contribution >= 0.6 is 0 Å². The summed E-state index contributed by atoms with van der Waals surface area (Å²) in [6.45, 7) is 8.71. The maximum absolute atomic E-state index is 12.0. The van der Waals surface area contributed by atoms with Crippen LogP contribution in [-0.4, -0.2) is 40.2 Å². The predicted octanol–water partition coefficient (Wildman–Crippen LogP) is 1.50. The number of nitrogens with zero attached hydrogens (tertiary/aromatic N) is 2. The minimum atomic E-state index is -0.985. The maximum Gasteiger partial charge on any atom is 0.337 e. The molecular formula is C14H22N2O3. The number of carbonyl (C=O) groups is 1. The van der Waals surface area contributed by atoms with E-state index in [1.54, 1.807) is 13.8 Å². The lowest BCUT2D eigenvalue weighted by Crippen LogP contribution is -2.34. The third-order valence-electron chi connectivity index (χ3n) is 3.54. The smallest absolute Gasteiger partial charge is 0.337 e. The van der Waals surface area contributed by atoms with Crippen molar-refractivity contribution in [1.82, 2.24) is 9.47 Å². The lowest BCUT2D eigenvalue weighted by molar-refractivity contribution is 0.0694. The Bertz CT molecular complexity index is 532. The third kappa shape index (κ3) is 3.44. The number of aryl methyl sites for hydroxylation is 1. The lowest BCUT2D eigenvalue weighted by atomic mass is 10.1. The molecule has 0 aliphatic heterocycles. The maximum atomic E-state index is 12.0. The van der Waals surface area contributed by atoms with Gasteiger partial charge in [-0.2, -0.15) is 0 Å². The Balaban J connectivity index is 3.11. The topological polar surface area (TPSA) is 62.5 Å². The van der Waals surface area contributed by atoms with Gasteiger partial charge in [0.05, 0.1) is 5.56 Å². The van der Waals surface area contributed by atoms with Crippen molar-refractivity contribution >= 4 is 5.97 Å². The quantitative estimate of drug-likeness (QED) is 0.877. The molecule has 0 saturated heterocycles. The number of likely N-dealkylation sites (N-methyl/N-ethyl adjacent to an activating group) is 1. The zero-order valence-electron chi connectivity index (χ0n) is 12.2. The number of hydrogen-bond acceptors (Lipinski definition) is 3. The monoisotopic (exact) mass is 266 g/mol. The van der Waals surface area contributed by atoms with Gasteiger partial charge in [-0.25, -0.2) is 4.79 Å². The second kappa shape index (κ2) is 6.02. The molecule has 5 heteroatoms. The SMILES string of the molecule is Cc1cc(=O)n(CCN(C)C(C)C)c(C)c1C(=O)O. The van der Waals surface area contributed by atoms with E-state index in [-0.39, 0.29) is 11.1 Å². The van der Waals surface area contributed by atoms with Crippen molar-refractivity contribution in [3.05, 3.63) is 33.2 Å². The average molecular weight is 266 g/mol. The fourth-order valence-corrected chi connectivity index (χ4v) is 2.04. The Morgan fingerprint density at radius 1 is 1.42 bits per heavy atom. The number of pyridine rings is 1. The molecule has 1 heterocycles. The Labute approximate surface area is 113 Å². The van der Waals surface area contributed by atoms with Crippen LogP contribution in [0.3, 0.4) is 0 Å². The molecule has 19 heavy (non-hydrogen) atoms. The van der Waals surface area contributed by atoms with Gasteiger partial charge in [-0.3, -0.25) is 4.79 Å². The molecule has 0 atom stereocenters. The summed E-state index contributed by atoms with van der Waals surface area (Å²) in [5.74, 6) is -0.985. The zero-order valence-corrected chi connectivity index (χ0v) is 12.2. The van der Waals surface area contributed by atoms with Crippen LogP contribution in [0.2, 0.25) is 0 Å². The molecule has 106 valence electrons. The number of rotatable bonds is 5. The van der Waals surface area contributed by atoms with E-state index >= 15 is 0 Å². The first-order chi connectivity index (χ1) is 8.75. The highest BCUT2D eigenvalue weighted by atomic mass is 16.4. The second-order valence-electron chi connectivity index (χ2n) is 5.16. The molecule has 1 N–H and O–H groups in total. The van der Waals surface area contributed by atoms with E-state index in [2.05, 4.69) is 18.7 Å².